The van der Waals surface area contributed by atoms with Gasteiger partial charge in [0.2, 0.25) is 0 Å². The van der Waals surface area contributed by atoms with Gasteiger partial charge in [-0.1, -0.05) is 26.0 Å². The quantitative estimate of drug-likeness (QED) is 0.413. The Morgan fingerprint density at radius 1 is 1.03 bits per heavy atom. The Morgan fingerprint density at radius 2 is 1.80 bits per heavy atom. The maximum atomic E-state index is 13.6. The minimum absolute atomic E-state index is 0.192. The molecule has 0 bridgehead atoms. The largest absolute Gasteiger partial charge is 0.349 e. The van der Waals surface area contributed by atoms with E-state index >= 15 is 0 Å². The zero-order chi connectivity index (χ0) is 24.3. The van der Waals surface area contributed by atoms with Crippen LogP contribution in [0, 0.1) is 17.7 Å². The van der Waals surface area contributed by atoms with Gasteiger partial charge in [-0.15, -0.1) is 10.2 Å². The summed E-state index contributed by atoms with van der Waals surface area (Å²) < 4.78 is 17.8. The van der Waals surface area contributed by atoms with Crippen LogP contribution in [0.5, 0.6) is 0 Å². The van der Waals surface area contributed by atoms with Crippen LogP contribution < -0.4 is 4.90 Å². The van der Waals surface area contributed by atoms with E-state index in [1.807, 2.05) is 22.9 Å². The molecule has 1 saturated heterocycles. The molecule has 35 heavy (non-hydrogen) atoms. The molecular formula is C26H33FN8. The number of aromatic nitrogens is 6. The SMILES string of the molecule is CC(C)C(c1ccc(F)cc1)N1C[C@H](C)N(c2nc3nncn3c3c2ncn3CC2CC2)C[C@H]1C. The minimum atomic E-state index is -0.192. The van der Waals surface area contributed by atoms with Crippen molar-refractivity contribution in [1.29, 1.82) is 0 Å². The first-order valence-electron chi connectivity index (χ1n) is 12.7. The fourth-order valence-corrected chi connectivity index (χ4v) is 5.76. The lowest BCUT2D eigenvalue weighted by Crippen LogP contribution is -2.58. The highest BCUT2D eigenvalue weighted by atomic mass is 19.1. The Bertz CT molecular complexity index is 1340. The predicted octanol–water partition coefficient (Wildman–Crippen LogP) is 4.32. The van der Waals surface area contributed by atoms with Crippen LogP contribution in [0.1, 0.15) is 52.1 Å². The van der Waals surface area contributed by atoms with E-state index in [1.165, 1.54) is 12.8 Å². The summed E-state index contributed by atoms with van der Waals surface area (Å²) in [6.45, 7) is 11.7. The summed E-state index contributed by atoms with van der Waals surface area (Å²) in [5, 5.41) is 8.43. The molecule has 9 heteroatoms. The zero-order valence-corrected chi connectivity index (χ0v) is 20.8. The normalized spacial score (nSPS) is 22.5. The van der Waals surface area contributed by atoms with Gasteiger partial charge >= 0.3 is 0 Å². The van der Waals surface area contributed by atoms with Gasteiger partial charge in [0.25, 0.3) is 5.78 Å². The molecule has 3 aromatic heterocycles. The van der Waals surface area contributed by atoms with Gasteiger partial charge in [-0.3, -0.25) is 4.90 Å². The molecule has 1 unspecified atom stereocenters. The lowest BCUT2D eigenvalue weighted by Gasteiger charge is -2.49. The first-order chi connectivity index (χ1) is 16.9. The van der Waals surface area contributed by atoms with Gasteiger partial charge < -0.3 is 9.47 Å². The molecule has 1 aromatic carbocycles. The lowest BCUT2D eigenvalue weighted by molar-refractivity contribution is 0.0821. The van der Waals surface area contributed by atoms with Crippen molar-refractivity contribution in [1.82, 2.24) is 34.0 Å². The van der Waals surface area contributed by atoms with Crippen molar-refractivity contribution in [2.45, 2.75) is 65.2 Å². The lowest BCUT2D eigenvalue weighted by atomic mass is 9.91. The molecule has 2 aliphatic rings. The fraction of sp³-hybridized carbons (Fsp3) is 0.538. The maximum Gasteiger partial charge on any atom is 0.258 e. The minimum Gasteiger partial charge on any atom is -0.349 e. The Labute approximate surface area is 204 Å². The van der Waals surface area contributed by atoms with Gasteiger partial charge in [-0.2, -0.15) is 4.98 Å². The number of benzene rings is 1. The van der Waals surface area contributed by atoms with Gasteiger partial charge in [0, 0.05) is 37.8 Å². The van der Waals surface area contributed by atoms with E-state index < -0.39 is 0 Å². The summed E-state index contributed by atoms with van der Waals surface area (Å²) in [5.41, 5.74) is 3.10. The molecule has 0 spiro atoms. The molecular weight excluding hydrogens is 443 g/mol. The van der Waals surface area contributed by atoms with Gasteiger partial charge in [0.15, 0.2) is 11.5 Å². The van der Waals surface area contributed by atoms with Crippen LogP contribution in [0.2, 0.25) is 0 Å². The zero-order valence-electron chi connectivity index (χ0n) is 20.8. The molecule has 184 valence electrons. The molecule has 4 heterocycles. The summed E-state index contributed by atoms with van der Waals surface area (Å²) in [6, 6.07) is 7.73. The van der Waals surface area contributed by atoms with Gasteiger partial charge in [-0.05, 0) is 56.2 Å². The number of imidazole rings is 1. The van der Waals surface area contributed by atoms with Crippen LogP contribution in [0.4, 0.5) is 10.2 Å². The van der Waals surface area contributed by atoms with E-state index in [4.69, 9.17) is 9.97 Å². The highest BCUT2D eigenvalue weighted by Crippen LogP contribution is 2.37. The molecule has 0 radical (unpaired) electrons. The Kier molecular flexibility index (Phi) is 5.47. The second-order valence-electron chi connectivity index (χ2n) is 10.7. The second-order valence-corrected chi connectivity index (χ2v) is 10.7. The van der Waals surface area contributed by atoms with Crippen LogP contribution in [0.15, 0.2) is 36.9 Å². The van der Waals surface area contributed by atoms with Crippen LogP contribution in [-0.2, 0) is 6.54 Å². The molecule has 0 N–H and O–H groups in total. The number of anilines is 1. The average Bonchev–Trinajstić information content (AvgIpc) is 3.35. The monoisotopic (exact) mass is 476 g/mol. The summed E-state index contributed by atoms with van der Waals surface area (Å²) >= 11 is 0. The van der Waals surface area contributed by atoms with E-state index in [0.29, 0.717) is 11.7 Å². The number of hydrogen-bond acceptors (Lipinski definition) is 6. The smallest absolute Gasteiger partial charge is 0.258 e. The predicted molar refractivity (Wildman–Crippen MR) is 134 cm³/mol. The van der Waals surface area contributed by atoms with Crippen molar-refractivity contribution in [2.75, 3.05) is 18.0 Å². The standard InChI is InChI=1S/C26H33FN8/c1-16(2)23(20-7-9-21(27)10-8-20)33-11-18(4)34(12-17(33)3)24-22-25(35-15-29-31-26(35)30-24)32(14-28-22)13-19-5-6-19/h7-10,14-19,23H,5-6,11-13H2,1-4H3/t17-,18+,23?/m1/s1. The summed E-state index contributed by atoms with van der Waals surface area (Å²) in [5.74, 6) is 2.44. The van der Waals surface area contributed by atoms with E-state index in [1.54, 1.807) is 18.5 Å². The first kappa shape index (κ1) is 22.4. The van der Waals surface area contributed by atoms with E-state index in [-0.39, 0.29) is 23.9 Å². The number of hydrogen-bond donors (Lipinski definition) is 0. The second kappa shape index (κ2) is 8.55. The summed E-state index contributed by atoms with van der Waals surface area (Å²) in [7, 11) is 0. The van der Waals surface area contributed by atoms with E-state index in [9.17, 15) is 4.39 Å². The summed E-state index contributed by atoms with van der Waals surface area (Å²) in [4.78, 5) is 14.7. The Balaban J connectivity index is 1.35. The number of nitrogens with zero attached hydrogens (tertiary/aromatic N) is 8. The molecule has 0 amide bonds. The first-order valence-corrected chi connectivity index (χ1v) is 12.7. The number of fused-ring (bicyclic) bond motifs is 3. The molecule has 6 rings (SSSR count). The fourth-order valence-electron chi connectivity index (χ4n) is 5.76. The molecule has 2 fully saturated rings. The van der Waals surface area contributed by atoms with Crippen LogP contribution in [0.3, 0.4) is 0 Å². The van der Waals surface area contributed by atoms with Crippen molar-refractivity contribution in [3.05, 3.63) is 48.3 Å². The number of rotatable bonds is 6. The number of halogens is 1. The van der Waals surface area contributed by atoms with Crippen LogP contribution >= 0.6 is 0 Å². The third kappa shape index (κ3) is 3.95. The Morgan fingerprint density at radius 3 is 2.51 bits per heavy atom. The highest BCUT2D eigenvalue weighted by molar-refractivity contribution is 5.86. The number of piperazine rings is 1. The van der Waals surface area contributed by atoms with Crippen LogP contribution in [-0.4, -0.2) is 59.2 Å². The van der Waals surface area contributed by atoms with E-state index in [0.717, 1.165) is 48.1 Å². The van der Waals surface area contributed by atoms with E-state index in [2.05, 4.69) is 52.3 Å². The maximum absolute atomic E-state index is 13.6. The molecule has 1 aliphatic heterocycles. The van der Waals surface area contributed by atoms with Crippen molar-refractivity contribution in [2.24, 2.45) is 11.8 Å². The van der Waals surface area contributed by atoms with Crippen molar-refractivity contribution >= 4 is 22.8 Å². The van der Waals surface area contributed by atoms with Crippen molar-refractivity contribution < 1.29 is 4.39 Å². The molecule has 3 atom stereocenters. The average molecular weight is 477 g/mol. The van der Waals surface area contributed by atoms with Crippen molar-refractivity contribution in [3.63, 3.8) is 0 Å². The summed E-state index contributed by atoms with van der Waals surface area (Å²) in [6.07, 6.45) is 6.25. The molecule has 1 saturated carbocycles. The van der Waals surface area contributed by atoms with Crippen LogP contribution in [0.25, 0.3) is 16.9 Å². The highest BCUT2D eigenvalue weighted by Gasteiger charge is 2.37. The molecule has 4 aromatic rings. The third-order valence-electron chi connectivity index (χ3n) is 7.64. The molecule has 8 nitrogen and oxygen atoms in total. The molecule has 1 aliphatic carbocycles. The topological polar surface area (TPSA) is 67.4 Å². The third-order valence-corrected chi connectivity index (χ3v) is 7.64. The Hall–Kier alpha value is -3.07. The van der Waals surface area contributed by atoms with Gasteiger partial charge in [0.05, 0.1) is 6.33 Å². The van der Waals surface area contributed by atoms with Gasteiger partial charge in [-0.25, -0.2) is 13.8 Å². The van der Waals surface area contributed by atoms with Gasteiger partial charge in [0.1, 0.15) is 17.7 Å². The van der Waals surface area contributed by atoms with Crippen molar-refractivity contribution in [3.8, 4) is 0 Å².